The number of carbonyl (C=O) groups excluding carboxylic acids is 1. The van der Waals surface area contributed by atoms with Crippen LogP contribution in [0.5, 0.6) is 11.5 Å². The quantitative estimate of drug-likeness (QED) is 0.0372. The van der Waals surface area contributed by atoms with Crippen LogP contribution in [0, 0.1) is 17.8 Å². The molecule has 0 fully saturated rings. The normalized spacial score (nSPS) is 13.2. The monoisotopic (exact) mass is 700 g/mol. The Morgan fingerprint density at radius 3 is 2.00 bits per heavy atom. The zero-order chi connectivity index (χ0) is 36.2. The zero-order valence-electron chi connectivity index (χ0n) is 31.4. The fourth-order valence-electron chi connectivity index (χ4n) is 6.86. The van der Waals surface area contributed by atoms with Crippen LogP contribution in [0.2, 0.25) is 0 Å². The second-order valence-corrected chi connectivity index (χ2v) is 15.2. The summed E-state index contributed by atoms with van der Waals surface area (Å²) in [6.45, 7) is 12.4. The highest BCUT2D eigenvalue weighted by molar-refractivity contribution is 7.80. The molecule has 0 saturated carbocycles. The van der Waals surface area contributed by atoms with Crippen LogP contribution in [0.25, 0.3) is 32.7 Å². The largest absolute Gasteiger partial charge is 0.494 e. The minimum atomic E-state index is -0.369. The van der Waals surface area contributed by atoms with Gasteiger partial charge in [-0.3, -0.25) is 0 Å². The Labute approximate surface area is 311 Å². The first kappa shape index (κ1) is 38.2. The number of rotatable bonds is 19. The Kier molecular flexibility index (Phi) is 14.2. The Balaban J connectivity index is 1.14. The first-order valence-corrected chi connectivity index (χ1v) is 19.7. The maximum Gasteiger partial charge on any atom is 0.343 e. The van der Waals surface area contributed by atoms with Crippen LogP contribution in [-0.4, -0.2) is 17.4 Å². The molecule has 0 bridgehead atoms. The van der Waals surface area contributed by atoms with Gasteiger partial charge in [-0.1, -0.05) is 140 Å². The maximum absolute atomic E-state index is 13.1. The summed E-state index contributed by atoms with van der Waals surface area (Å²) in [5.41, 5.74) is 4.11. The third-order valence-corrected chi connectivity index (χ3v) is 11.2. The van der Waals surface area contributed by atoms with Crippen molar-refractivity contribution < 1.29 is 14.3 Å². The molecule has 268 valence electrons. The molecule has 4 heteroatoms. The second-order valence-electron chi connectivity index (χ2n) is 14.6. The van der Waals surface area contributed by atoms with Gasteiger partial charge in [-0.25, -0.2) is 4.79 Å². The van der Waals surface area contributed by atoms with Gasteiger partial charge >= 0.3 is 5.97 Å². The van der Waals surface area contributed by atoms with Crippen molar-refractivity contribution in [3.05, 3.63) is 108 Å². The number of hydrogen-bond donors (Lipinski definition) is 0. The van der Waals surface area contributed by atoms with Gasteiger partial charge in [0.1, 0.15) is 11.5 Å². The average Bonchev–Trinajstić information content (AvgIpc) is 3.15. The minimum absolute atomic E-state index is 0.369. The van der Waals surface area contributed by atoms with Crippen LogP contribution in [0.1, 0.15) is 108 Å². The minimum Gasteiger partial charge on any atom is -0.494 e. The van der Waals surface area contributed by atoms with Crippen molar-refractivity contribution >= 4 is 44.6 Å². The summed E-state index contributed by atoms with van der Waals surface area (Å²) in [6.07, 6.45) is 11.7. The van der Waals surface area contributed by atoms with Crippen molar-refractivity contribution in [3.8, 4) is 22.6 Å². The zero-order valence-corrected chi connectivity index (χ0v) is 32.2. The molecule has 0 amide bonds. The van der Waals surface area contributed by atoms with E-state index in [1.807, 2.05) is 54.6 Å². The molecule has 5 rings (SSSR count). The fraction of sp³-hybridized carbons (Fsp3) is 0.404. The number of ether oxygens (including phenoxy) is 2. The van der Waals surface area contributed by atoms with Gasteiger partial charge < -0.3 is 9.47 Å². The molecule has 0 radical (unpaired) electrons. The van der Waals surface area contributed by atoms with Gasteiger partial charge in [-0.15, -0.1) is 0 Å². The first-order valence-electron chi connectivity index (χ1n) is 19.3. The van der Waals surface area contributed by atoms with Gasteiger partial charge in [0.05, 0.1) is 12.2 Å². The van der Waals surface area contributed by atoms with Gasteiger partial charge in [0.15, 0.2) is 0 Å². The lowest BCUT2D eigenvalue weighted by Gasteiger charge is -2.25. The number of thiocarbonyl (C=S) groups is 1. The van der Waals surface area contributed by atoms with Crippen LogP contribution in [-0.2, 0) is 6.42 Å². The average molecular weight is 701 g/mol. The van der Waals surface area contributed by atoms with Gasteiger partial charge in [-0.2, -0.15) is 0 Å². The van der Waals surface area contributed by atoms with Crippen molar-refractivity contribution in [2.45, 2.75) is 98.8 Å². The van der Waals surface area contributed by atoms with E-state index in [4.69, 9.17) is 21.7 Å². The van der Waals surface area contributed by atoms with Crippen molar-refractivity contribution in [2.75, 3.05) is 6.61 Å². The molecule has 0 N–H and O–H groups in total. The van der Waals surface area contributed by atoms with E-state index in [1.165, 1.54) is 56.1 Å². The molecule has 0 aromatic heterocycles. The molecule has 0 aliphatic rings. The van der Waals surface area contributed by atoms with E-state index in [0.717, 1.165) is 75.4 Å². The third kappa shape index (κ3) is 11.0. The van der Waals surface area contributed by atoms with Crippen molar-refractivity contribution in [3.63, 3.8) is 0 Å². The summed E-state index contributed by atoms with van der Waals surface area (Å²) >= 11 is 5.79. The lowest BCUT2D eigenvalue weighted by atomic mass is 9.81. The van der Waals surface area contributed by atoms with Crippen molar-refractivity contribution in [2.24, 2.45) is 17.8 Å². The van der Waals surface area contributed by atoms with Crippen molar-refractivity contribution in [1.82, 2.24) is 0 Å². The van der Waals surface area contributed by atoms with E-state index >= 15 is 0 Å². The smallest absolute Gasteiger partial charge is 0.343 e. The molecule has 0 saturated heterocycles. The van der Waals surface area contributed by atoms with E-state index in [9.17, 15) is 4.79 Å². The number of esters is 1. The maximum atomic E-state index is 13.1. The molecule has 5 aromatic rings. The van der Waals surface area contributed by atoms with Crippen LogP contribution < -0.4 is 9.47 Å². The fourth-order valence-corrected chi connectivity index (χ4v) is 7.15. The Morgan fingerprint density at radius 2 is 1.25 bits per heavy atom. The molecule has 51 heavy (non-hydrogen) atoms. The van der Waals surface area contributed by atoms with Gasteiger partial charge in [0.2, 0.25) is 0 Å². The van der Waals surface area contributed by atoms with E-state index in [0.29, 0.717) is 17.2 Å². The lowest BCUT2D eigenvalue weighted by molar-refractivity contribution is 0.0735. The summed E-state index contributed by atoms with van der Waals surface area (Å²) in [5, 5.41) is 4.14. The summed E-state index contributed by atoms with van der Waals surface area (Å²) < 4.78 is 11.8. The SMILES string of the molecule is CCCCCCCCOc1ccc2cc(C(=O)Oc3ccc4cc(-c5ccc(CC(=S)CCC(C)C(C)C(C)CC)cc5)ccc4c3)ccc2c1. The van der Waals surface area contributed by atoms with Crippen LogP contribution in [0.3, 0.4) is 0 Å². The topological polar surface area (TPSA) is 35.5 Å². The summed E-state index contributed by atoms with van der Waals surface area (Å²) in [5.74, 6) is 3.20. The highest BCUT2D eigenvalue weighted by Gasteiger charge is 2.18. The predicted octanol–water partition coefficient (Wildman–Crippen LogP) is 13.6. The van der Waals surface area contributed by atoms with Gasteiger partial charge in [0, 0.05) is 6.42 Å². The highest BCUT2D eigenvalue weighted by Crippen LogP contribution is 2.30. The number of carbonyl (C=O) groups is 1. The van der Waals surface area contributed by atoms with Gasteiger partial charge in [0.25, 0.3) is 0 Å². The standard InChI is InChI=1S/C47H56O3S/c1-6-8-9-10-11-12-27-49-44-24-22-40-30-43(21-20-41(40)31-44)47(48)50-45-25-23-39-29-38(18-19-42(39)32-45)37-16-14-36(15-17-37)28-46(51)26-13-34(4)35(5)33(3)7-2/h14-25,29-35H,6-13,26-28H2,1-5H3. The molecule has 5 aromatic carbocycles. The lowest BCUT2D eigenvalue weighted by Crippen LogP contribution is -2.17. The van der Waals surface area contributed by atoms with E-state index in [-0.39, 0.29) is 5.97 Å². The number of hydrogen-bond acceptors (Lipinski definition) is 4. The summed E-state index contributed by atoms with van der Waals surface area (Å²) in [7, 11) is 0. The summed E-state index contributed by atoms with van der Waals surface area (Å²) in [4.78, 5) is 14.3. The van der Waals surface area contributed by atoms with E-state index in [2.05, 4.69) is 77.1 Å². The molecule has 0 aliphatic carbocycles. The molecular weight excluding hydrogens is 645 g/mol. The van der Waals surface area contributed by atoms with Crippen LogP contribution >= 0.6 is 12.2 Å². The molecule has 0 heterocycles. The highest BCUT2D eigenvalue weighted by atomic mass is 32.1. The van der Waals surface area contributed by atoms with Crippen LogP contribution in [0.15, 0.2) is 97.1 Å². The Hall–Kier alpha value is -4.02. The first-order chi connectivity index (χ1) is 24.7. The second kappa shape index (κ2) is 19.0. The van der Waals surface area contributed by atoms with Crippen molar-refractivity contribution in [1.29, 1.82) is 0 Å². The Morgan fingerprint density at radius 1 is 0.647 bits per heavy atom. The number of fused-ring (bicyclic) bond motifs is 2. The number of unbranched alkanes of at least 4 members (excludes halogenated alkanes) is 5. The molecule has 3 nitrogen and oxygen atoms in total. The van der Waals surface area contributed by atoms with E-state index in [1.54, 1.807) is 0 Å². The van der Waals surface area contributed by atoms with Crippen LogP contribution in [0.4, 0.5) is 0 Å². The molecule has 0 aliphatic heterocycles. The van der Waals surface area contributed by atoms with E-state index < -0.39 is 0 Å². The predicted molar refractivity (Wildman–Crippen MR) is 220 cm³/mol. The summed E-state index contributed by atoms with van der Waals surface area (Å²) in [6, 6.07) is 32.7. The van der Waals surface area contributed by atoms with Gasteiger partial charge in [-0.05, 0) is 123 Å². The number of benzene rings is 5. The molecule has 3 unspecified atom stereocenters. The Bertz CT molecular complexity index is 1890. The molecular formula is C47H56O3S. The molecule has 3 atom stereocenters. The molecule has 0 spiro atoms. The third-order valence-electron chi connectivity index (χ3n) is 10.8.